The third kappa shape index (κ3) is 4.34. The summed E-state index contributed by atoms with van der Waals surface area (Å²) in [5, 5.41) is 3.40. The zero-order valence-corrected chi connectivity index (χ0v) is 23.1. The van der Waals surface area contributed by atoms with E-state index in [-0.39, 0.29) is 27.3 Å². The van der Waals surface area contributed by atoms with Gasteiger partial charge < -0.3 is 9.30 Å². The molecule has 1 N–H and O–H groups in total. The van der Waals surface area contributed by atoms with Gasteiger partial charge in [0.05, 0.1) is 28.4 Å². The van der Waals surface area contributed by atoms with Crippen molar-refractivity contribution in [1.29, 1.82) is 0 Å². The Labute approximate surface area is 232 Å². The van der Waals surface area contributed by atoms with Crippen LogP contribution in [0.15, 0.2) is 29.8 Å². The Morgan fingerprint density at radius 3 is 2.53 bits per heavy atom. The number of benzene rings is 1. The lowest BCUT2D eigenvalue weighted by Gasteiger charge is -2.26. The number of hydrogen-bond acceptors (Lipinski definition) is 6. The second-order valence-electron chi connectivity index (χ2n) is 9.10. The number of carbonyl (C=O) groups excluding carboxylic acids is 4. The van der Waals surface area contributed by atoms with Gasteiger partial charge in [-0.05, 0) is 81.0 Å². The Balaban J connectivity index is 1.59. The normalized spacial score (nSPS) is 16.6. The van der Waals surface area contributed by atoms with E-state index in [0.29, 0.717) is 11.1 Å². The number of nitrogens with one attached hydrogen (secondary N) is 1. The molecule has 0 radical (unpaired) electrons. The van der Waals surface area contributed by atoms with Gasteiger partial charge in [-0.2, -0.15) is 0 Å². The standard InChI is InChI=1S/C27H23Cl2N3O5S/c1-13-10-15(14(2)31(13)25-22(26(35)37-3)17-6-4-5-7-21(17)38-25)11-18-23(33)30-27(36)32(24(18)34)16-8-9-19(28)20(29)12-16/h8-12H,4-7H2,1-3H3,(H,30,33,36)/b18-11+. The Hall–Kier alpha value is -3.40. The molecule has 38 heavy (non-hydrogen) atoms. The molecule has 8 nitrogen and oxygen atoms in total. The van der Waals surface area contributed by atoms with E-state index < -0.39 is 17.8 Å². The summed E-state index contributed by atoms with van der Waals surface area (Å²) in [6.07, 6.45) is 5.27. The van der Waals surface area contributed by atoms with Crippen molar-refractivity contribution in [3.63, 3.8) is 0 Å². The molecule has 2 aromatic heterocycles. The van der Waals surface area contributed by atoms with Gasteiger partial charge in [0.15, 0.2) is 0 Å². The summed E-state index contributed by atoms with van der Waals surface area (Å²) in [6, 6.07) is 5.27. The quantitative estimate of drug-likeness (QED) is 0.242. The van der Waals surface area contributed by atoms with E-state index >= 15 is 0 Å². The van der Waals surface area contributed by atoms with Crippen LogP contribution in [0.2, 0.25) is 10.0 Å². The zero-order chi connectivity index (χ0) is 27.3. The van der Waals surface area contributed by atoms with Crippen LogP contribution in [0.4, 0.5) is 10.5 Å². The van der Waals surface area contributed by atoms with Gasteiger partial charge in [0.1, 0.15) is 10.6 Å². The van der Waals surface area contributed by atoms with Crippen molar-refractivity contribution >= 4 is 70.1 Å². The van der Waals surface area contributed by atoms with Crippen LogP contribution in [0.25, 0.3) is 11.1 Å². The molecule has 0 unspecified atom stereocenters. The summed E-state index contributed by atoms with van der Waals surface area (Å²) in [5.41, 5.74) is 3.72. The predicted octanol–water partition coefficient (Wildman–Crippen LogP) is 5.79. The van der Waals surface area contributed by atoms with E-state index in [1.54, 1.807) is 11.3 Å². The largest absolute Gasteiger partial charge is 0.465 e. The lowest BCUT2D eigenvalue weighted by atomic mass is 9.95. The molecule has 0 bridgehead atoms. The number of hydrogen-bond donors (Lipinski definition) is 1. The third-order valence-corrected chi connectivity index (χ3v) is 8.79. The lowest BCUT2D eigenvalue weighted by molar-refractivity contribution is -0.122. The molecule has 1 fully saturated rings. The summed E-state index contributed by atoms with van der Waals surface area (Å²) in [4.78, 5) is 53.5. The molecule has 1 aliphatic carbocycles. The molecule has 3 heterocycles. The number of fused-ring (bicyclic) bond motifs is 1. The molecular weight excluding hydrogens is 549 g/mol. The average Bonchev–Trinajstić information content (AvgIpc) is 3.39. The number of esters is 1. The Morgan fingerprint density at radius 2 is 1.82 bits per heavy atom. The van der Waals surface area contributed by atoms with E-state index in [1.807, 2.05) is 24.5 Å². The number of thiophene rings is 1. The zero-order valence-electron chi connectivity index (χ0n) is 20.8. The van der Waals surface area contributed by atoms with E-state index in [0.717, 1.165) is 52.5 Å². The number of anilines is 1. The minimum Gasteiger partial charge on any atom is -0.465 e. The van der Waals surface area contributed by atoms with Gasteiger partial charge in [-0.1, -0.05) is 23.2 Å². The van der Waals surface area contributed by atoms with Gasteiger partial charge in [-0.3, -0.25) is 14.9 Å². The van der Waals surface area contributed by atoms with E-state index in [4.69, 9.17) is 27.9 Å². The molecule has 1 saturated heterocycles. The molecular formula is C27H23Cl2N3O5S. The molecule has 196 valence electrons. The third-order valence-electron chi connectivity index (χ3n) is 6.78. The van der Waals surface area contributed by atoms with E-state index in [2.05, 4.69) is 5.32 Å². The first kappa shape index (κ1) is 26.2. The highest BCUT2D eigenvalue weighted by molar-refractivity contribution is 7.15. The van der Waals surface area contributed by atoms with Crippen molar-refractivity contribution in [2.24, 2.45) is 0 Å². The van der Waals surface area contributed by atoms with Crippen LogP contribution in [0.5, 0.6) is 0 Å². The maximum absolute atomic E-state index is 13.4. The smallest absolute Gasteiger partial charge is 0.341 e. The maximum Gasteiger partial charge on any atom is 0.341 e. The van der Waals surface area contributed by atoms with Gasteiger partial charge in [0.2, 0.25) is 0 Å². The number of methoxy groups -OCH3 is 1. The number of imide groups is 2. The number of aryl methyl sites for hydroxylation is 2. The SMILES string of the molecule is COC(=O)c1c(-n2c(C)cc(/C=C3\C(=O)NC(=O)N(c4ccc(Cl)c(Cl)c4)C3=O)c2C)sc2c1CCCC2. The van der Waals surface area contributed by atoms with Crippen LogP contribution in [-0.2, 0) is 27.2 Å². The maximum atomic E-state index is 13.4. The highest BCUT2D eigenvalue weighted by Crippen LogP contribution is 2.39. The number of barbiturate groups is 1. The summed E-state index contributed by atoms with van der Waals surface area (Å²) < 4.78 is 7.08. The molecule has 2 aliphatic rings. The average molecular weight is 572 g/mol. The van der Waals surface area contributed by atoms with Crippen LogP contribution in [0, 0.1) is 13.8 Å². The first-order valence-electron chi connectivity index (χ1n) is 11.9. The number of ether oxygens (including phenoxy) is 1. The highest BCUT2D eigenvalue weighted by Gasteiger charge is 2.37. The molecule has 0 spiro atoms. The van der Waals surface area contributed by atoms with E-state index in [1.165, 1.54) is 36.3 Å². The highest BCUT2D eigenvalue weighted by atomic mass is 35.5. The number of amides is 4. The number of halogens is 2. The number of rotatable bonds is 4. The summed E-state index contributed by atoms with van der Waals surface area (Å²) >= 11 is 13.6. The van der Waals surface area contributed by atoms with Crippen molar-refractivity contribution < 1.29 is 23.9 Å². The number of nitrogens with zero attached hydrogens (tertiary/aromatic N) is 2. The van der Waals surface area contributed by atoms with Gasteiger partial charge in [-0.15, -0.1) is 11.3 Å². The molecule has 0 atom stereocenters. The molecule has 1 aliphatic heterocycles. The van der Waals surface area contributed by atoms with Crippen LogP contribution >= 0.6 is 34.5 Å². The fraction of sp³-hybridized carbons (Fsp3) is 0.259. The van der Waals surface area contributed by atoms with Crippen LogP contribution < -0.4 is 10.2 Å². The molecule has 11 heteroatoms. The number of urea groups is 1. The summed E-state index contributed by atoms with van der Waals surface area (Å²) in [7, 11) is 1.37. The monoisotopic (exact) mass is 571 g/mol. The van der Waals surface area contributed by atoms with Crippen molar-refractivity contribution in [1.82, 2.24) is 9.88 Å². The van der Waals surface area contributed by atoms with Gasteiger partial charge in [-0.25, -0.2) is 14.5 Å². The van der Waals surface area contributed by atoms with Crippen LogP contribution in [0.1, 0.15) is 50.6 Å². The first-order valence-corrected chi connectivity index (χ1v) is 13.5. The molecule has 3 aromatic rings. The summed E-state index contributed by atoms with van der Waals surface area (Å²) in [5.74, 6) is -1.98. The molecule has 5 rings (SSSR count). The number of carbonyl (C=O) groups is 4. The first-order chi connectivity index (χ1) is 18.1. The predicted molar refractivity (Wildman–Crippen MR) is 147 cm³/mol. The molecule has 4 amide bonds. The Bertz CT molecular complexity index is 1570. The minimum atomic E-state index is -0.882. The van der Waals surface area contributed by atoms with Gasteiger partial charge in [0, 0.05) is 16.3 Å². The van der Waals surface area contributed by atoms with Crippen LogP contribution in [-0.4, -0.2) is 35.5 Å². The topological polar surface area (TPSA) is 97.7 Å². The van der Waals surface area contributed by atoms with Crippen molar-refractivity contribution in [2.45, 2.75) is 39.5 Å². The lowest BCUT2D eigenvalue weighted by Crippen LogP contribution is -2.54. The fourth-order valence-electron chi connectivity index (χ4n) is 4.94. The van der Waals surface area contributed by atoms with Crippen LogP contribution in [0.3, 0.4) is 0 Å². The second kappa shape index (κ2) is 10.1. The van der Waals surface area contributed by atoms with Gasteiger partial charge in [0.25, 0.3) is 11.8 Å². The second-order valence-corrected chi connectivity index (χ2v) is 11.0. The van der Waals surface area contributed by atoms with Gasteiger partial charge >= 0.3 is 12.0 Å². The van der Waals surface area contributed by atoms with Crippen molar-refractivity contribution in [2.75, 3.05) is 12.0 Å². The van der Waals surface area contributed by atoms with E-state index in [9.17, 15) is 19.2 Å². The minimum absolute atomic E-state index is 0.163. The van der Waals surface area contributed by atoms with Crippen molar-refractivity contribution in [3.05, 3.63) is 72.8 Å². The van der Waals surface area contributed by atoms with Crippen molar-refractivity contribution in [3.8, 4) is 5.00 Å². The number of aromatic nitrogens is 1. The fourth-order valence-corrected chi connectivity index (χ4v) is 6.72. The molecule has 1 aromatic carbocycles. The summed E-state index contributed by atoms with van der Waals surface area (Å²) in [6.45, 7) is 3.75. The Morgan fingerprint density at radius 1 is 1.08 bits per heavy atom. The Kier molecular flexibility index (Phi) is 6.94. The molecule has 0 saturated carbocycles.